The molecule has 4 heteroatoms. The Bertz CT molecular complexity index is 230. The van der Waals surface area contributed by atoms with Crippen molar-refractivity contribution >= 4 is 18.3 Å². The van der Waals surface area contributed by atoms with Gasteiger partial charge in [0.2, 0.25) is 5.91 Å². The van der Waals surface area contributed by atoms with Gasteiger partial charge in [0.25, 0.3) is 0 Å². The molecule has 1 amide bonds. The Labute approximate surface area is 104 Å². The summed E-state index contributed by atoms with van der Waals surface area (Å²) in [5.41, 5.74) is 0.161. The number of carbonyl (C=O) groups is 1. The first kappa shape index (κ1) is 13.8. The molecule has 1 heterocycles. The fraction of sp³-hybridized carbons (Fsp3) is 0.917. The molecular weight excluding hydrogens is 224 g/mol. The van der Waals surface area contributed by atoms with Gasteiger partial charge < -0.3 is 10.6 Å². The molecule has 2 fully saturated rings. The highest BCUT2D eigenvalue weighted by molar-refractivity contribution is 5.85. The molecule has 16 heavy (non-hydrogen) atoms. The minimum absolute atomic E-state index is 0. The number of rotatable bonds is 3. The lowest BCUT2D eigenvalue weighted by Crippen LogP contribution is -2.55. The minimum atomic E-state index is 0. The van der Waals surface area contributed by atoms with Crippen LogP contribution in [0.5, 0.6) is 0 Å². The van der Waals surface area contributed by atoms with Crippen LogP contribution in [0.15, 0.2) is 0 Å². The lowest BCUT2D eigenvalue weighted by atomic mass is 9.74. The van der Waals surface area contributed by atoms with Gasteiger partial charge in [-0.05, 0) is 45.1 Å². The molecule has 1 atom stereocenters. The van der Waals surface area contributed by atoms with E-state index in [0.717, 1.165) is 32.4 Å². The number of hydrogen-bond acceptors (Lipinski definition) is 2. The van der Waals surface area contributed by atoms with E-state index in [0.29, 0.717) is 0 Å². The van der Waals surface area contributed by atoms with Gasteiger partial charge in [0, 0.05) is 12.1 Å². The monoisotopic (exact) mass is 246 g/mol. The average molecular weight is 247 g/mol. The number of halogens is 1. The third-order valence-corrected chi connectivity index (χ3v) is 4.04. The molecule has 0 spiro atoms. The topological polar surface area (TPSA) is 41.1 Å². The van der Waals surface area contributed by atoms with E-state index in [1.807, 2.05) is 0 Å². The van der Waals surface area contributed by atoms with E-state index in [1.54, 1.807) is 0 Å². The Hall–Kier alpha value is -0.280. The number of piperidine rings is 1. The van der Waals surface area contributed by atoms with Crippen molar-refractivity contribution in [3.05, 3.63) is 0 Å². The Balaban J connectivity index is 0.00000128. The molecule has 1 aliphatic carbocycles. The van der Waals surface area contributed by atoms with Crippen molar-refractivity contribution in [3.63, 3.8) is 0 Å². The first-order valence-corrected chi connectivity index (χ1v) is 6.28. The minimum Gasteiger partial charge on any atom is -0.350 e. The van der Waals surface area contributed by atoms with E-state index in [2.05, 4.69) is 17.6 Å². The first-order chi connectivity index (χ1) is 7.26. The molecule has 2 N–H and O–H groups in total. The molecule has 0 aromatic heterocycles. The number of amides is 1. The standard InChI is InChI=1S/C12H22N2O.ClH/c1-2-12(6-4-7-12)14-11(15)10-5-3-8-13-9-10;/h10,13H,2-9H2,1H3,(H,14,15);1H/t10-;/m1./s1. The summed E-state index contributed by atoms with van der Waals surface area (Å²) in [7, 11) is 0. The quantitative estimate of drug-likeness (QED) is 0.798. The fourth-order valence-corrected chi connectivity index (χ4v) is 2.61. The van der Waals surface area contributed by atoms with Gasteiger partial charge >= 0.3 is 0 Å². The van der Waals surface area contributed by atoms with Gasteiger partial charge in [0.1, 0.15) is 0 Å². The molecule has 1 saturated carbocycles. The predicted molar refractivity (Wildman–Crippen MR) is 67.9 cm³/mol. The van der Waals surface area contributed by atoms with E-state index in [4.69, 9.17) is 0 Å². The van der Waals surface area contributed by atoms with Crippen LogP contribution in [0.2, 0.25) is 0 Å². The summed E-state index contributed by atoms with van der Waals surface area (Å²) in [4.78, 5) is 12.0. The van der Waals surface area contributed by atoms with E-state index in [-0.39, 0.29) is 29.8 Å². The van der Waals surface area contributed by atoms with Crippen molar-refractivity contribution in [2.75, 3.05) is 13.1 Å². The maximum absolute atomic E-state index is 12.0. The fourth-order valence-electron chi connectivity index (χ4n) is 2.61. The Morgan fingerprint density at radius 1 is 1.44 bits per heavy atom. The van der Waals surface area contributed by atoms with Crippen LogP contribution in [0.4, 0.5) is 0 Å². The summed E-state index contributed by atoms with van der Waals surface area (Å²) in [5, 5.41) is 6.57. The maximum Gasteiger partial charge on any atom is 0.224 e. The summed E-state index contributed by atoms with van der Waals surface area (Å²) in [6.07, 6.45) is 6.90. The molecule has 2 rings (SSSR count). The Morgan fingerprint density at radius 3 is 2.62 bits per heavy atom. The Kier molecular flexibility index (Phi) is 5.06. The zero-order valence-corrected chi connectivity index (χ0v) is 10.9. The van der Waals surface area contributed by atoms with Gasteiger partial charge in [0.15, 0.2) is 0 Å². The van der Waals surface area contributed by atoms with Crippen LogP contribution in [0.1, 0.15) is 45.4 Å². The van der Waals surface area contributed by atoms with Gasteiger partial charge in [-0.15, -0.1) is 12.4 Å². The first-order valence-electron chi connectivity index (χ1n) is 6.28. The normalized spacial score (nSPS) is 27.4. The summed E-state index contributed by atoms with van der Waals surface area (Å²) >= 11 is 0. The van der Waals surface area contributed by atoms with Crippen LogP contribution in [0.25, 0.3) is 0 Å². The third kappa shape index (κ3) is 2.89. The number of carbonyl (C=O) groups excluding carboxylic acids is 1. The smallest absolute Gasteiger partial charge is 0.224 e. The highest BCUT2D eigenvalue weighted by Gasteiger charge is 2.37. The van der Waals surface area contributed by atoms with Crippen LogP contribution in [0, 0.1) is 5.92 Å². The van der Waals surface area contributed by atoms with Crippen molar-refractivity contribution in [2.24, 2.45) is 5.92 Å². The molecule has 0 aromatic rings. The van der Waals surface area contributed by atoms with Crippen molar-refractivity contribution in [1.29, 1.82) is 0 Å². The lowest BCUT2D eigenvalue weighted by molar-refractivity contribution is -0.128. The van der Waals surface area contributed by atoms with E-state index in [9.17, 15) is 4.79 Å². The molecule has 0 bridgehead atoms. The largest absolute Gasteiger partial charge is 0.350 e. The highest BCUT2D eigenvalue weighted by atomic mass is 35.5. The third-order valence-electron chi connectivity index (χ3n) is 4.04. The van der Waals surface area contributed by atoms with E-state index in [1.165, 1.54) is 19.3 Å². The summed E-state index contributed by atoms with van der Waals surface area (Å²) in [5.74, 6) is 0.492. The van der Waals surface area contributed by atoms with Crippen LogP contribution < -0.4 is 10.6 Å². The van der Waals surface area contributed by atoms with Crippen LogP contribution >= 0.6 is 12.4 Å². The zero-order chi connectivity index (χ0) is 10.7. The van der Waals surface area contributed by atoms with Crippen molar-refractivity contribution < 1.29 is 4.79 Å². The Morgan fingerprint density at radius 2 is 2.19 bits per heavy atom. The second-order valence-corrected chi connectivity index (χ2v) is 5.02. The van der Waals surface area contributed by atoms with Gasteiger partial charge in [-0.2, -0.15) is 0 Å². The van der Waals surface area contributed by atoms with Gasteiger partial charge in [-0.1, -0.05) is 6.92 Å². The molecule has 94 valence electrons. The van der Waals surface area contributed by atoms with Crippen molar-refractivity contribution in [3.8, 4) is 0 Å². The van der Waals surface area contributed by atoms with Crippen molar-refractivity contribution in [1.82, 2.24) is 10.6 Å². The molecule has 2 aliphatic rings. The van der Waals surface area contributed by atoms with Gasteiger partial charge in [-0.25, -0.2) is 0 Å². The van der Waals surface area contributed by atoms with E-state index >= 15 is 0 Å². The van der Waals surface area contributed by atoms with Gasteiger partial charge in [0.05, 0.1) is 5.92 Å². The molecular formula is C12H23ClN2O. The summed E-state index contributed by atoms with van der Waals surface area (Å²) < 4.78 is 0. The zero-order valence-electron chi connectivity index (χ0n) is 10.1. The summed E-state index contributed by atoms with van der Waals surface area (Å²) in [6.45, 7) is 4.12. The number of hydrogen-bond donors (Lipinski definition) is 2. The summed E-state index contributed by atoms with van der Waals surface area (Å²) in [6, 6.07) is 0. The van der Waals surface area contributed by atoms with Crippen molar-refractivity contribution in [2.45, 2.75) is 51.0 Å². The molecule has 3 nitrogen and oxygen atoms in total. The van der Waals surface area contributed by atoms with Crippen LogP contribution in [-0.2, 0) is 4.79 Å². The SMILES string of the molecule is CCC1(NC(=O)[C@@H]2CCCNC2)CCC1.Cl. The lowest BCUT2D eigenvalue weighted by Gasteiger charge is -2.43. The molecule has 0 unspecified atom stereocenters. The van der Waals surface area contributed by atoms with Gasteiger partial charge in [-0.3, -0.25) is 4.79 Å². The predicted octanol–water partition coefficient (Wildman–Crippen LogP) is 1.86. The average Bonchev–Trinajstić information content (AvgIpc) is 2.24. The number of nitrogens with one attached hydrogen (secondary N) is 2. The van der Waals surface area contributed by atoms with Crippen LogP contribution in [0.3, 0.4) is 0 Å². The molecule has 0 radical (unpaired) electrons. The molecule has 0 aromatic carbocycles. The molecule has 1 aliphatic heterocycles. The van der Waals surface area contributed by atoms with Crippen LogP contribution in [-0.4, -0.2) is 24.5 Å². The second-order valence-electron chi connectivity index (χ2n) is 5.02. The van der Waals surface area contributed by atoms with E-state index < -0.39 is 0 Å². The maximum atomic E-state index is 12.0. The highest BCUT2D eigenvalue weighted by Crippen LogP contribution is 2.35. The second kappa shape index (κ2) is 5.87. The molecule has 1 saturated heterocycles.